The van der Waals surface area contributed by atoms with E-state index >= 15 is 0 Å². The molecule has 3 nitrogen and oxygen atoms in total. The van der Waals surface area contributed by atoms with Crippen molar-refractivity contribution in [2.24, 2.45) is 0 Å². The molecular formula is C24H28FNO2. The van der Waals surface area contributed by atoms with Gasteiger partial charge in [0.15, 0.2) is 0 Å². The molecule has 0 aliphatic carbocycles. The predicted molar refractivity (Wildman–Crippen MR) is 114 cm³/mol. The maximum atomic E-state index is 13.5. The lowest BCUT2D eigenvalue weighted by Crippen LogP contribution is -2.14. The van der Waals surface area contributed by atoms with Crippen LogP contribution in [0.2, 0.25) is 0 Å². The van der Waals surface area contributed by atoms with E-state index < -0.39 is 12.2 Å². The fourth-order valence-electron chi connectivity index (χ4n) is 3.65. The molecule has 3 aromatic rings. The predicted octanol–water partition coefficient (Wildman–Crippen LogP) is 5.56. The lowest BCUT2D eigenvalue weighted by Gasteiger charge is -2.15. The summed E-state index contributed by atoms with van der Waals surface area (Å²) in [5.74, 6) is -0.266. The van der Waals surface area contributed by atoms with Gasteiger partial charge in [-0.05, 0) is 50.1 Å². The summed E-state index contributed by atoms with van der Waals surface area (Å²) in [5, 5.41) is 21.2. The lowest BCUT2D eigenvalue weighted by atomic mass is 10.0. The number of halogens is 1. The van der Waals surface area contributed by atoms with Gasteiger partial charge in [-0.25, -0.2) is 4.39 Å². The van der Waals surface area contributed by atoms with E-state index in [1.54, 1.807) is 18.2 Å². The average Bonchev–Trinajstić information content (AvgIpc) is 3.01. The maximum Gasteiger partial charge on any atom is 0.123 e. The van der Waals surface area contributed by atoms with Crippen molar-refractivity contribution in [1.29, 1.82) is 0 Å². The molecule has 0 aliphatic heterocycles. The smallest absolute Gasteiger partial charge is 0.123 e. The molecule has 3 rings (SSSR count). The van der Waals surface area contributed by atoms with E-state index in [1.807, 2.05) is 25.1 Å². The fourth-order valence-corrected chi connectivity index (χ4v) is 3.65. The minimum Gasteiger partial charge on any atom is -0.393 e. The van der Waals surface area contributed by atoms with Gasteiger partial charge in [0, 0.05) is 34.6 Å². The van der Waals surface area contributed by atoms with E-state index in [4.69, 9.17) is 0 Å². The lowest BCUT2D eigenvalue weighted by molar-refractivity contribution is 0.102. The molecule has 0 radical (unpaired) electrons. The van der Waals surface area contributed by atoms with Crippen LogP contribution in [0, 0.1) is 5.82 Å². The van der Waals surface area contributed by atoms with Crippen LogP contribution in [0.4, 0.5) is 4.39 Å². The third-order valence-electron chi connectivity index (χ3n) is 5.06. The van der Waals surface area contributed by atoms with Crippen molar-refractivity contribution in [2.45, 2.75) is 51.9 Å². The molecule has 0 spiro atoms. The van der Waals surface area contributed by atoms with E-state index in [0.717, 1.165) is 27.7 Å². The highest BCUT2D eigenvalue weighted by Crippen LogP contribution is 2.38. The van der Waals surface area contributed by atoms with Gasteiger partial charge in [0.2, 0.25) is 0 Å². The van der Waals surface area contributed by atoms with Gasteiger partial charge in [0.25, 0.3) is 0 Å². The summed E-state index contributed by atoms with van der Waals surface area (Å²) < 4.78 is 15.7. The van der Waals surface area contributed by atoms with E-state index in [2.05, 4.69) is 30.5 Å². The summed E-state index contributed by atoms with van der Waals surface area (Å²) in [4.78, 5) is 0. The summed E-state index contributed by atoms with van der Waals surface area (Å²) in [5.41, 5.74) is 4.01. The minimum absolute atomic E-state index is 0.206. The van der Waals surface area contributed by atoms with Crippen LogP contribution in [0.5, 0.6) is 0 Å². The molecule has 2 N–H and O–H groups in total. The molecular weight excluding hydrogens is 353 g/mol. The quantitative estimate of drug-likeness (QED) is 0.562. The number of rotatable bonds is 7. The first kappa shape index (κ1) is 20.3. The molecule has 4 heteroatoms. The van der Waals surface area contributed by atoms with E-state index in [-0.39, 0.29) is 11.9 Å². The third-order valence-corrected chi connectivity index (χ3v) is 5.06. The zero-order chi connectivity index (χ0) is 20.3. The van der Waals surface area contributed by atoms with Crippen molar-refractivity contribution in [2.75, 3.05) is 0 Å². The largest absolute Gasteiger partial charge is 0.393 e. The highest BCUT2D eigenvalue weighted by atomic mass is 19.1. The van der Waals surface area contributed by atoms with Crippen LogP contribution in [-0.2, 0) is 0 Å². The minimum atomic E-state index is -0.727. The van der Waals surface area contributed by atoms with Gasteiger partial charge in [-0.15, -0.1) is 0 Å². The zero-order valence-electron chi connectivity index (χ0n) is 16.6. The summed E-state index contributed by atoms with van der Waals surface area (Å²) in [7, 11) is 0. The second kappa shape index (κ2) is 8.72. The van der Waals surface area contributed by atoms with Gasteiger partial charge in [0.1, 0.15) is 5.82 Å². The molecule has 0 unspecified atom stereocenters. The molecule has 0 bridgehead atoms. The standard InChI is InChI=1S/C24H28FNO2/c1-4-19(27)15-20(28)13-14-23-24(17-9-11-18(25)12-10-17)21-7-5-6-8-22(21)26(23)16(2)3/h5-14,16,19-20,27-28H,4,15H2,1-3H3/b14-13+/t19-,20-/m1/s1. The Kier molecular flexibility index (Phi) is 6.32. The summed E-state index contributed by atoms with van der Waals surface area (Å²) in [6.45, 7) is 6.13. The second-order valence-corrected chi connectivity index (χ2v) is 7.47. The monoisotopic (exact) mass is 381 g/mol. The second-order valence-electron chi connectivity index (χ2n) is 7.47. The summed E-state index contributed by atoms with van der Waals surface area (Å²) in [6, 6.07) is 14.9. The Labute approximate surface area is 165 Å². The van der Waals surface area contributed by atoms with Gasteiger partial charge in [0.05, 0.1) is 12.2 Å². The van der Waals surface area contributed by atoms with E-state index in [9.17, 15) is 14.6 Å². The van der Waals surface area contributed by atoms with Crippen molar-refractivity contribution in [1.82, 2.24) is 4.57 Å². The molecule has 0 fully saturated rings. The highest BCUT2D eigenvalue weighted by molar-refractivity contribution is 6.01. The van der Waals surface area contributed by atoms with Crippen molar-refractivity contribution in [3.63, 3.8) is 0 Å². The van der Waals surface area contributed by atoms with Gasteiger partial charge in [-0.3, -0.25) is 0 Å². The van der Waals surface area contributed by atoms with Crippen LogP contribution in [0.1, 0.15) is 45.3 Å². The average molecular weight is 381 g/mol. The topological polar surface area (TPSA) is 45.4 Å². The van der Waals surface area contributed by atoms with Crippen molar-refractivity contribution in [3.8, 4) is 11.1 Å². The molecule has 0 amide bonds. The molecule has 2 aromatic carbocycles. The number of aliphatic hydroxyl groups is 2. The number of fused-ring (bicyclic) bond motifs is 1. The number of aliphatic hydroxyl groups excluding tert-OH is 2. The van der Waals surface area contributed by atoms with Crippen LogP contribution < -0.4 is 0 Å². The first-order valence-corrected chi connectivity index (χ1v) is 9.85. The SMILES string of the molecule is CC[C@@H](O)C[C@H](O)/C=C/c1c(-c2ccc(F)cc2)c2ccccc2n1C(C)C. The van der Waals surface area contributed by atoms with Gasteiger partial charge in [-0.1, -0.05) is 43.3 Å². The third kappa shape index (κ3) is 4.18. The molecule has 28 heavy (non-hydrogen) atoms. The number of benzene rings is 2. The van der Waals surface area contributed by atoms with Crippen molar-refractivity contribution in [3.05, 3.63) is 66.1 Å². The molecule has 1 heterocycles. The molecule has 1 aromatic heterocycles. The molecule has 148 valence electrons. The summed E-state index contributed by atoms with van der Waals surface area (Å²) >= 11 is 0. The van der Waals surface area contributed by atoms with Crippen LogP contribution in [0.3, 0.4) is 0 Å². The first-order valence-electron chi connectivity index (χ1n) is 9.85. The maximum absolute atomic E-state index is 13.5. The molecule has 0 aliphatic rings. The van der Waals surface area contributed by atoms with Gasteiger partial charge < -0.3 is 14.8 Å². The Hall–Kier alpha value is -2.43. The van der Waals surface area contributed by atoms with E-state index in [0.29, 0.717) is 12.8 Å². The number of nitrogens with zero attached hydrogens (tertiary/aromatic N) is 1. The zero-order valence-corrected chi connectivity index (χ0v) is 16.6. The van der Waals surface area contributed by atoms with Gasteiger partial charge in [-0.2, -0.15) is 0 Å². The normalized spacial score (nSPS) is 14.2. The van der Waals surface area contributed by atoms with Crippen molar-refractivity contribution >= 4 is 17.0 Å². The van der Waals surface area contributed by atoms with Crippen LogP contribution in [0.15, 0.2) is 54.6 Å². The Morgan fingerprint density at radius 3 is 2.36 bits per heavy atom. The summed E-state index contributed by atoms with van der Waals surface area (Å²) in [6.07, 6.45) is 3.32. The van der Waals surface area contributed by atoms with Crippen LogP contribution >= 0.6 is 0 Å². The fraction of sp³-hybridized carbons (Fsp3) is 0.333. The molecule has 2 atom stereocenters. The molecule has 0 saturated heterocycles. The highest BCUT2D eigenvalue weighted by Gasteiger charge is 2.19. The van der Waals surface area contributed by atoms with Gasteiger partial charge >= 0.3 is 0 Å². The number of para-hydroxylation sites is 1. The van der Waals surface area contributed by atoms with Crippen LogP contribution in [-0.4, -0.2) is 27.0 Å². The number of hydrogen-bond donors (Lipinski definition) is 2. The first-order chi connectivity index (χ1) is 13.4. The van der Waals surface area contributed by atoms with Crippen LogP contribution in [0.25, 0.3) is 28.1 Å². The van der Waals surface area contributed by atoms with Crippen molar-refractivity contribution < 1.29 is 14.6 Å². The number of hydrogen-bond acceptors (Lipinski definition) is 2. The Bertz CT molecular complexity index is 957. The Morgan fingerprint density at radius 2 is 1.71 bits per heavy atom. The molecule has 0 saturated carbocycles. The van der Waals surface area contributed by atoms with E-state index in [1.165, 1.54) is 12.1 Å². The Balaban J connectivity index is 2.17. The Morgan fingerprint density at radius 1 is 1.04 bits per heavy atom. The number of aromatic nitrogens is 1.